The summed E-state index contributed by atoms with van der Waals surface area (Å²) in [5, 5.41) is 0. The van der Waals surface area contributed by atoms with E-state index in [1.54, 1.807) is 6.33 Å². The van der Waals surface area contributed by atoms with Crippen molar-refractivity contribution in [1.29, 1.82) is 0 Å². The van der Waals surface area contributed by atoms with E-state index in [9.17, 15) is 4.79 Å². The van der Waals surface area contributed by atoms with Crippen LogP contribution in [0.1, 0.15) is 36.8 Å². The molecule has 1 aliphatic rings. The summed E-state index contributed by atoms with van der Waals surface area (Å²) in [4.78, 5) is 22.1. The van der Waals surface area contributed by atoms with Crippen LogP contribution < -0.4 is 0 Å². The van der Waals surface area contributed by atoms with Crippen LogP contribution in [0.2, 0.25) is 0 Å². The minimum atomic E-state index is -0.0684. The Balaban J connectivity index is 2.06. The van der Waals surface area contributed by atoms with Crippen LogP contribution in [0.4, 0.5) is 0 Å². The first-order valence-corrected chi connectivity index (χ1v) is 7.06. The van der Waals surface area contributed by atoms with E-state index in [1.807, 2.05) is 36.9 Å². The molecule has 0 radical (unpaired) electrons. The zero-order chi connectivity index (χ0) is 14.1. The average molecular weight is 269 g/mol. The summed E-state index contributed by atoms with van der Waals surface area (Å²) < 4.78 is 0. The number of aromatic amines is 1. The Morgan fingerprint density at radius 1 is 1.35 bits per heavy atom. The van der Waals surface area contributed by atoms with Gasteiger partial charge in [0.15, 0.2) is 0 Å². The van der Waals surface area contributed by atoms with Crippen molar-refractivity contribution in [2.75, 3.05) is 6.54 Å². The number of imidazole rings is 1. The van der Waals surface area contributed by atoms with Gasteiger partial charge in [-0.3, -0.25) is 4.79 Å². The van der Waals surface area contributed by atoms with Crippen LogP contribution >= 0.6 is 0 Å². The van der Waals surface area contributed by atoms with Crippen LogP contribution in [0.5, 0.6) is 0 Å². The van der Waals surface area contributed by atoms with Crippen molar-refractivity contribution in [3.63, 3.8) is 0 Å². The number of amides is 1. The van der Waals surface area contributed by atoms with E-state index in [4.69, 9.17) is 0 Å². The number of hydrogen-bond donors (Lipinski definition) is 1. The molecule has 0 bridgehead atoms. The molecule has 0 saturated heterocycles. The Bertz CT molecular complexity index is 603. The van der Waals surface area contributed by atoms with E-state index >= 15 is 0 Å². The third-order valence-corrected chi connectivity index (χ3v) is 3.82. The van der Waals surface area contributed by atoms with Gasteiger partial charge in [-0.25, -0.2) is 4.98 Å². The molecule has 1 amide bonds. The molecule has 2 heterocycles. The molecule has 1 atom stereocenters. The third-order valence-electron chi connectivity index (χ3n) is 3.82. The minimum Gasteiger partial charge on any atom is -0.348 e. The molecule has 0 aliphatic carbocycles. The van der Waals surface area contributed by atoms with Crippen molar-refractivity contribution in [2.45, 2.75) is 26.3 Å². The smallest absolute Gasteiger partial charge is 0.225 e. The molecule has 3 rings (SSSR count). The van der Waals surface area contributed by atoms with E-state index < -0.39 is 0 Å². The molecular weight excluding hydrogens is 250 g/mol. The second-order valence-electron chi connectivity index (χ2n) is 5.52. The quantitative estimate of drug-likeness (QED) is 0.910. The molecule has 0 fully saturated rings. The fraction of sp³-hybridized carbons (Fsp3) is 0.375. The van der Waals surface area contributed by atoms with Gasteiger partial charge >= 0.3 is 0 Å². The molecule has 2 aromatic rings. The van der Waals surface area contributed by atoms with Gasteiger partial charge in [0, 0.05) is 24.6 Å². The van der Waals surface area contributed by atoms with Gasteiger partial charge < -0.3 is 9.88 Å². The molecule has 1 N–H and O–H groups in total. The molecule has 0 saturated carbocycles. The van der Waals surface area contributed by atoms with Crippen LogP contribution in [0.3, 0.4) is 0 Å². The lowest BCUT2D eigenvalue weighted by molar-refractivity contribution is -0.136. The van der Waals surface area contributed by atoms with Crippen molar-refractivity contribution in [3.8, 4) is 0 Å². The molecule has 20 heavy (non-hydrogen) atoms. The first-order chi connectivity index (χ1) is 9.68. The van der Waals surface area contributed by atoms with E-state index in [0.717, 1.165) is 29.9 Å². The predicted octanol–water partition coefficient (Wildman–Crippen LogP) is 2.54. The topological polar surface area (TPSA) is 49.0 Å². The van der Waals surface area contributed by atoms with E-state index in [-0.39, 0.29) is 17.9 Å². The van der Waals surface area contributed by atoms with Crippen molar-refractivity contribution >= 4 is 5.91 Å². The summed E-state index contributed by atoms with van der Waals surface area (Å²) in [6.45, 7) is 4.64. The van der Waals surface area contributed by atoms with Crippen LogP contribution in [0.15, 0.2) is 36.7 Å². The number of H-pyrrole nitrogens is 1. The van der Waals surface area contributed by atoms with Gasteiger partial charge in [-0.1, -0.05) is 44.2 Å². The summed E-state index contributed by atoms with van der Waals surface area (Å²) in [6.07, 6.45) is 2.57. The number of rotatable bonds is 2. The lowest BCUT2D eigenvalue weighted by atomic mass is 9.94. The average Bonchev–Trinajstić information content (AvgIpc) is 2.94. The maximum Gasteiger partial charge on any atom is 0.225 e. The summed E-state index contributed by atoms with van der Waals surface area (Å²) in [5.41, 5.74) is 3.25. The lowest BCUT2D eigenvalue weighted by Gasteiger charge is -2.36. The van der Waals surface area contributed by atoms with Crippen LogP contribution in [0.25, 0.3) is 0 Å². The third kappa shape index (κ3) is 2.11. The summed E-state index contributed by atoms with van der Waals surface area (Å²) in [6, 6.07) is 10.1. The Morgan fingerprint density at radius 2 is 2.10 bits per heavy atom. The van der Waals surface area contributed by atoms with Crippen molar-refractivity contribution in [3.05, 3.63) is 53.6 Å². The standard InChI is InChI=1S/C16H19N3O/c1-11(2)16(20)19-9-8-13-14(18-10-17-13)15(19)12-6-4-3-5-7-12/h3-7,10-11,15H,8-9H2,1-2H3,(H,17,18). The summed E-state index contributed by atoms with van der Waals surface area (Å²) in [5.74, 6) is 0.189. The molecular formula is C16H19N3O. The number of benzene rings is 1. The number of hydrogen-bond acceptors (Lipinski definition) is 2. The van der Waals surface area contributed by atoms with Crippen molar-refractivity contribution in [1.82, 2.24) is 14.9 Å². The Kier molecular flexibility index (Phi) is 3.30. The number of fused-ring (bicyclic) bond motifs is 1. The molecule has 0 spiro atoms. The van der Waals surface area contributed by atoms with Gasteiger partial charge in [-0.15, -0.1) is 0 Å². The van der Waals surface area contributed by atoms with Crippen molar-refractivity contribution in [2.24, 2.45) is 5.92 Å². The molecule has 4 nitrogen and oxygen atoms in total. The SMILES string of the molecule is CC(C)C(=O)N1CCc2[nH]cnc2C1c1ccccc1. The van der Waals surface area contributed by atoms with Gasteiger partial charge in [-0.2, -0.15) is 0 Å². The zero-order valence-corrected chi connectivity index (χ0v) is 11.8. The summed E-state index contributed by atoms with van der Waals surface area (Å²) in [7, 11) is 0. The maximum absolute atomic E-state index is 12.5. The highest BCUT2D eigenvalue weighted by Crippen LogP contribution is 2.33. The Hall–Kier alpha value is -2.10. The first kappa shape index (κ1) is 12.9. The first-order valence-electron chi connectivity index (χ1n) is 7.06. The molecule has 4 heteroatoms. The summed E-state index contributed by atoms with van der Waals surface area (Å²) >= 11 is 0. The number of nitrogens with one attached hydrogen (secondary N) is 1. The molecule has 1 aliphatic heterocycles. The highest BCUT2D eigenvalue weighted by atomic mass is 16.2. The molecule has 104 valence electrons. The van der Waals surface area contributed by atoms with Crippen LogP contribution in [-0.4, -0.2) is 27.3 Å². The zero-order valence-electron chi connectivity index (χ0n) is 11.8. The Labute approximate surface area is 118 Å². The highest BCUT2D eigenvalue weighted by Gasteiger charge is 2.34. The monoisotopic (exact) mass is 269 g/mol. The van der Waals surface area contributed by atoms with Gasteiger partial charge in [0.25, 0.3) is 0 Å². The van der Waals surface area contributed by atoms with Gasteiger partial charge in [0.1, 0.15) is 6.04 Å². The second kappa shape index (κ2) is 5.12. The number of aromatic nitrogens is 2. The number of carbonyl (C=O) groups is 1. The number of nitrogens with zero attached hydrogens (tertiary/aromatic N) is 2. The number of carbonyl (C=O) groups excluding carboxylic acids is 1. The molecule has 1 unspecified atom stereocenters. The normalized spacial score (nSPS) is 18.1. The van der Waals surface area contributed by atoms with E-state index in [2.05, 4.69) is 22.1 Å². The van der Waals surface area contributed by atoms with E-state index in [1.165, 1.54) is 0 Å². The van der Waals surface area contributed by atoms with Gasteiger partial charge in [0.2, 0.25) is 5.91 Å². The minimum absolute atomic E-state index is 0.00158. The second-order valence-corrected chi connectivity index (χ2v) is 5.52. The largest absolute Gasteiger partial charge is 0.348 e. The predicted molar refractivity (Wildman–Crippen MR) is 77.1 cm³/mol. The fourth-order valence-electron chi connectivity index (χ4n) is 2.82. The lowest BCUT2D eigenvalue weighted by Crippen LogP contribution is -2.42. The maximum atomic E-state index is 12.5. The molecule has 1 aromatic carbocycles. The Morgan fingerprint density at radius 3 is 2.80 bits per heavy atom. The fourth-order valence-corrected chi connectivity index (χ4v) is 2.82. The van der Waals surface area contributed by atoms with Gasteiger partial charge in [-0.05, 0) is 5.56 Å². The van der Waals surface area contributed by atoms with Crippen molar-refractivity contribution < 1.29 is 4.79 Å². The van der Waals surface area contributed by atoms with E-state index in [0.29, 0.717) is 0 Å². The van der Waals surface area contributed by atoms with Crippen LogP contribution in [0, 0.1) is 5.92 Å². The highest BCUT2D eigenvalue weighted by molar-refractivity contribution is 5.79. The van der Waals surface area contributed by atoms with Crippen LogP contribution in [-0.2, 0) is 11.2 Å². The molecule has 1 aromatic heterocycles. The van der Waals surface area contributed by atoms with Gasteiger partial charge in [0.05, 0.1) is 12.0 Å².